The smallest absolute Gasteiger partial charge is 0.306 e. The van der Waals surface area contributed by atoms with Gasteiger partial charge in [0.15, 0.2) is 0 Å². The van der Waals surface area contributed by atoms with Crippen LogP contribution >= 0.6 is 0 Å². The van der Waals surface area contributed by atoms with Crippen LogP contribution < -0.4 is 0 Å². The normalized spacial score (nSPS) is 19.5. The number of benzene rings is 1. The number of allylic oxidation sites excluding steroid dienone is 1. The lowest BCUT2D eigenvalue weighted by Crippen LogP contribution is -2.46. The van der Waals surface area contributed by atoms with Gasteiger partial charge in [-0.25, -0.2) is 0 Å². The summed E-state index contributed by atoms with van der Waals surface area (Å²) in [5.74, 6) is -0.936. The molecule has 1 aliphatic rings. The van der Waals surface area contributed by atoms with E-state index in [1.54, 1.807) is 11.0 Å². The zero-order valence-electron chi connectivity index (χ0n) is 12.5. The number of aliphatic carboxylic acids is 1. The van der Waals surface area contributed by atoms with Crippen molar-refractivity contribution in [2.75, 3.05) is 19.7 Å². The number of hydrogen-bond donors (Lipinski definition) is 1. The van der Waals surface area contributed by atoms with Crippen LogP contribution in [0.3, 0.4) is 0 Å². The highest BCUT2D eigenvalue weighted by atomic mass is 16.5. The van der Waals surface area contributed by atoms with Gasteiger partial charge in [0.05, 0.1) is 19.1 Å². The van der Waals surface area contributed by atoms with Crippen molar-refractivity contribution in [2.24, 2.45) is 0 Å². The maximum atomic E-state index is 12.4. The third-order valence-corrected chi connectivity index (χ3v) is 3.80. The lowest BCUT2D eigenvalue weighted by molar-refractivity contribution is -0.147. The molecule has 0 bridgehead atoms. The van der Waals surface area contributed by atoms with Crippen LogP contribution in [0.4, 0.5) is 0 Å². The summed E-state index contributed by atoms with van der Waals surface area (Å²) in [7, 11) is 0. The number of carboxylic acid groups (broad SMARTS) is 1. The Morgan fingerprint density at radius 3 is 2.77 bits per heavy atom. The minimum absolute atomic E-state index is 0.00689. The third-order valence-electron chi connectivity index (χ3n) is 3.80. The van der Waals surface area contributed by atoms with Crippen molar-refractivity contribution in [1.82, 2.24) is 4.90 Å². The Morgan fingerprint density at radius 2 is 2.14 bits per heavy atom. The SMILES string of the molecule is C=CC(CC(=O)N1CCOC(CC(=O)O)C1)c1ccccc1. The summed E-state index contributed by atoms with van der Waals surface area (Å²) in [5.41, 5.74) is 1.06. The van der Waals surface area contributed by atoms with Crippen molar-refractivity contribution in [3.63, 3.8) is 0 Å². The van der Waals surface area contributed by atoms with E-state index in [4.69, 9.17) is 9.84 Å². The molecule has 1 heterocycles. The number of amides is 1. The minimum atomic E-state index is -0.910. The van der Waals surface area contributed by atoms with Crippen LogP contribution in [0.15, 0.2) is 43.0 Å². The van der Waals surface area contributed by atoms with E-state index in [0.29, 0.717) is 26.1 Å². The summed E-state index contributed by atoms with van der Waals surface area (Å²) in [6.45, 7) is 5.04. The Labute approximate surface area is 130 Å². The zero-order valence-corrected chi connectivity index (χ0v) is 12.5. The maximum Gasteiger partial charge on any atom is 0.306 e. The predicted molar refractivity (Wildman–Crippen MR) is 82.6 cm³/mol. The van der Waals surface area contributed by atoms with E-state index >= 15 is 0 Å². The summed E-state index contributed by atoms with van der Waals surface area (Å²) >= 11 is 0. The number of nitrogens with zero attached hydrogens (tertiary/aromatic N) is 1. The number of ether oxygens (including phenoxy) is 1. The van der Waals surface area contributed by atoms with E-state index in [1.807, 2.05) is 30.3 Å². The van der Waals surface area contributed by atoms with Crippen LogP contribution in [-0.4, -0.2) is 47.7 Å². The van der Waals surface area contributed by atoms with Crippen LogP contribution in [0.25, 0.3) is 0 Å². The first-order valence-corrected chi connectivity index (χ1v) is 7.39. The molecule has 1 saturated heterocycles. The van der Waals surface area contributed by atoms with E-state index in [0.717, 1.165) is 5.56 Å². The van der Waals surface area contributed by atoms with Crippen molar-refractivity contribution in [2.45, 2.75) is 24.9 Å². The molecule has 1 N–H and O–H groups in total. The maximum absolute atomic E-state index is 12.4. The van der Waals surface area contributed by atoms with Gasteiger partial charge < -0.3 is 14.7 Å². The lowest BCUT2D eigenvalue weighted by atomic mass is 9.95. The van der Waals surface area contributed by atoms with Gasteiger partial charge in [-0.1, -0.05) is 36.4 Å². The van der Waals surface area contributed by atoms with Crippen molar-refractivity contribution in [3.8, 4) is 0 Å². The van der Waals surface area contributed by atoms with E-state index in [1.165, 1.54) is 0 Å². The standard InChI is InChI=1S/C17H21NO4/c1-2-13(14-6-4-3-5-7-14)10-16(19)18-8-9-22-15(12-18)11-17(20)21/h2-7,13,15H,1,8-12H2,(H,20,21). The van der Waals surface area contributed by atoms with Crippen molar-refractivity contribution in [1.29, 1.82) is 0 Å². The quantitative estimate of drug-likeness (QED) is 0.817. The highest BCUT2D eigenvalue weighted by Gasteiger charge is 2.27. The molecule has 1 fully saturated rings. The van der Waals surface area contributed by atoms with E-state index in [2.05, 4.69) is 6.58 Å². The van der Waals surface area contributed by atoms with E-state index < -0.39 is 12.1 Å². The molecule has 0 radical (unpaired) electrons. The summed E-state index contributed by atoms with van der Waals surface area (Å²) < 4.78 is 5.39. The molecule has 1 aromatic carbocycles. The number of rotatable bonds is 6. The molecule has 2 unspecified atom stereocenters. The van der Waals surface area contributed by atoms with Crippen LogP contribution in [0.5, 0.6) is 0 Å². The number of morpholine rings is 1. The number of carboxylic acids is 1. The molecular formula is C17H21NO4. The summed E-state index contributed by atoms with van der Waals surface area (Å²) in [5, 5.41) is 8.83. The molecule has 0 aromatic heterocycles. The summed E-state index contributed by atoms with van der Waals surface area (Å²) in [6.07, 6.45) is 1.62. The van der Waals surface area contributed by atoms with Crippen LogP contribution in [0, 0.1) is 0 Å². The predicted octanol–water partition coefficient (Wildman–Crippen LogP) is 2.05. The zero-order chi connectivity index (χ0) is 15.9. The van der Waals surface area contributed by atoms with Gasteiger partial charge in [0.2, 0.25) is 5.91 Å². The molecule has 1 amide bonds. The Balaban J connectivity index is 1.95. The Bertz CT molecular complexity index is 529. The average molecular weight is 303 g/mol. The van der Waals surface area contributed by atoms with Gasteiger partial charge in [-0.3, -0.25) is 9.59 Å². The fourth-order valence-corrected chi connectivity index (χ4v) is 2.62. The van der Waals surface area contributed by atoms with Gasteiger partial charge in [0.25, 0.3) is 0 Å². The largest absolute Gasteiger partial charge is 0.481 e. The second-order valence-electron chi connectivity index (χ2n) is 5.39. The molecule has 118 valence electrons. The molecule has 0 spiro atoms. The molecular weight excluding hydrogens is 282 g/mol. The average Bonchev–Trinajstić information content (AvgIpc) is 2.53. The van der Waals surface area contributed by atoms with Crippen LogP contribution in [0.2, 0.25) is 0 Å². The highest BCUT2D eigenvalue weighted by Crippen LogP contribution is 2.22. The monoisotopic (exact) mass is 303 g/mol. The number of carbonyl (C=O) groups excluding carboxylic acids is 1. The second kappa shape index (κ2) is 7.75. The number of hydrogen-bond acceptors (Lipinski definition) is 3. The number of carbonyl (C=O) groups is 2. The Hall–Kier alpha value is -2.14. The van der Waals surface area contributed by atoms with Gasteiger partial charge in [0, 0.05) is 25.4 Å². The molecule has 0 aliphatic carbocycles. The van der Waals surface area contributed by atoms with Gasteiger partial charge >= 0.3 is 5.97 Å². The fourth-order valence-electron chi connectivity index (χ4n) is 2.62. The van der Waals surface area contributed by atoms with Gasteiger partial charge in [-0.05, 0) is 5.56 Å². The van der Waals surface area contributed by atoms with Crippen LogP contribution in [-0.2, 0) is 14.3 Å². The molecule has 1 aliphatic heterocycles. The topological polar surface area (TPSA) is 66.8 Å². The molecule has 2 rings (SSSR count). The van der Waals surface area contributed by atoms with Crippen molar-refractivity contribution in [3.05, 3.63) is 48.6 Å². The molecule has 0 saturated carbocycles. The first-order chi connectivity index (χ1) is 10.6. The van der Waals surface area contributed by atoms with Crippen molar-refractivity contribution < 1.29 is 19.4 Å². The molecule has 1 aromatic rings. The minimum Gasteiger partial charge on any atom is -0.481 e. The van der Waals surface area contributed by atoms with E-state index in [9.17, 15) is 9.59 Å². The lowest BCUT2D eigenvalue weighted by Gasteiger charge is -2.33. The van der Waals surface area contributed by atoms with Gasteiger partial charge in [0.1, 0.15) is 0 Å². The second-order valence-corrected chi connectivity index (χ2v) is 5.39. The van der Waals surface area contributed by atoms with Gasteiger partial charge in [-0.2, -0.15) is 0 Å². The molecule has 2 atom stereocenters. The van der Waals surface area contributed by atoms with Crippen LogP contribution in [0.1, 0.15) is 24.3 Å². The third kappa shape index (κ3) is 4.43. The Morgan fingerprint density at radius 1 is 1.41 bits per heavy atom. The molecule has 22 heavy (non-hydrogen) atoms. The van der Waals surface area contributed by atoms with Gasteiger partial charge in [-0.15, -0.1) is 6.58 Å². The first kappa shape index (κ1) is 16.2. The fraction of sp³-hybridized carbons (Fsp3) is 0.412. The van der Waals surface area contributed by atoms with Crippen molar-refractivity contribution >= 4 is 11.9 Å². The molecule has 5 heteroatoms. The molecule has 5 nitrogen and oxygen atoms in total. The summed E-state index contributed by atoms with van der Waals surface area (Å²) in [6, 6.07) is 9.77. The van der Waals surface area contributed by atoms with E-state index in [-0.39, 0.29) is 18.2 Å². The summed E-state index contributed by atoms with van der Waals surface area (Å²) in [4.78, 5) is 24.9. The highest BCUT2D eigenvalue weighted by molar-refractivity contribution is 5.77. The first-order valence-electron chi connectivity index (χ1n) is 7.39. The Kier molecular flexibility index (Phi) is 5.72.